The highest BCUT2D eigenvalue weighted by Crippen LogP contribution is 2.39. The minimum atomic E-state index is -0.300. The number of benzene rings is 6. The summed E-state index contributed by atoms with van der Waals surface area (Å²) in [6.07, 6.45) is 0. The summed E-state index contributed by atoms with van der Waals surface area (Å²) in [7, 11) is 0. The molecule has 46 heavy (non-hydrogen) atoms. The minimum absolute atomic E-state index is 0.300. The van der Waals surface area contributed by atoms with Gasteiger partial charge in [0.05, 0.1) is 28.7 Å². The summed E-state index contributed by atoms with van der Waals surface area (Å²) < 4.78 is 23.5. The average molecular weight is 596 g/mol. The van der Waals surface area contributed by atoms with Gasteiger partial charge in [-0.15, -0.1) is 0 Å². The Bertz CT molecular complexity index is 2510. The molecule has 3 heterocycles. The standard InChI is InChI=1S/C41H26FN3O/c42-35-20-11-22-36-33(35)24-32-30-18-10-19-31(39(30)46-41(32)44-36)40-43-37-21-7-8-23-38(37)45(40)25-34-28(26-12-3-1-4-13-26)16-9-17-29(34)27-14-5-2-6-15-27/h1-24H,25H2. The van der Waals surface area contributed by atoms with Crippen molar-refractivity contribution in [3.05, 3.63) is 157 Å². The van der Waals surface area contributed by atoms with Gasteiger partial charge in [0, 0.05) is 16.2 Å². The minimum Gasteiger partial charge on any atom is -0.437 e. The second-order valence-corrected chi connectivity index (χ2v) is 11.5. The molecule has 0 radical (unpaired) electrons. The number of rotatable bonds is 5. The zero-order chi connectivity index (χ0) is 30.6. The molecule has 0 bridgehead atoms. The Kier molecular flexibility index (Phi) is 6.03. The van der Waals surface area contributed by atoms with E-state index in [1.807, 2.05) is 48.5 Å². The number of fused-ring (bicyclic) bond motifs is 5. The van der Waals surface area contributed by atoms with Crippen LogP contribution in [0.4, 0.5) is 4.39 Å². The summed E-state index contributed by atoms with van der Waals surface area (Å²) in [5.41, 5.74) is 10.4. The monoisotopic (exact) mass is 595 g/mol. The van der Waals surface area contributed by atoms with Gasteiger partial charge in [-0.2, -0.15) is 0 Å². The normalized spacial score (nSPS) is 11.7. The highest BCUT2D eigenvalue weighted by atomic mass is 19.1. The van der Waals surface area contributed by atoms with Gasteiger partial charge in [0.25, 0.3) is 0 Å². The summed E-state index contributed by atoms with van der Waals surface area (Å²) in [6.45, 7) is 0.578. The molecule has 0 saturated carbocycles. The molecule has 9 aromatic rings. The predicted molar refractivity (Wildman–Crippen MR) is 184 cm³/mol. The van der Waals surface area contributed by atoms with Crippen LogP contribution in [0.1, 0.15) is 5.56 Å². The van der Waals surface area contributed by atoms with E-state index in [1.54, 1.807) is 12.1 Å². The lowest BCUT2D eigenvalue weighted by molar-refractivity contribution is 0.639. The SMILES string of the molecule is Fc1cccc2nc3oc4c(-c5nc6ccccc6n5Cc5c(-c6ccccc6)cccc5-c5ccccc5)cccc4c3cc12. The number of aromatic nitrogens is 3. The number of pyridine rings is 1. The molecule has 0 N–H and O–H groups in total. The molecule has 0 aliphatic rings. The largest absolute Gasteiger partial charge is 0.437 e. The van der Waals surface area contributed by atoms with E-state index in [1.165, 1.54) is 22.8 Å². The first kappa shape index (κ1) is 26.3. The molecule has 6 aromatic carbocycles. The lowest BCUT2D eigenvalue weighted by Gasteiger charge is -2.18. The third-order valence-corrected chi connectivity index (χ3v) is 8.83. The van der Waals surface area contributed by atoms with E-state index >= 15 is 0 Å². The maximum absolute atomic E-state index is 14.8. The van der Waals surface area contributed by atoms with Gasteiger partial charge in [-0.3, -0.25) is 0 Å². The zero-order valence-corrected chi connectivity index (χ0v) is 24.7. The van der Waals surface area contributed by atoms with Crippen molar-refractivity contribution >= 4 is 44.0 Å². The van der Waals surface area contributed by atoms with Gasteiger partial charge in [0.2, 0.25) is 5.71 Å². The van der Waals surface area contributed by atoms with E-state index in [-0.39, 0.29) is 5.82 Å². The fraction of sp³-hybridized carbons (Fsp3) is 0.0244. The third kappa shape index (κ3) is 4.20. The van der Waals surface area contributed by atoms with Gasteiger partial charge in [0.1, 0.15) is 17.2 Å². The molecule has 0 aliphatic heterocycles. The molecular formula is C41H26FN3O. The molecule has 0 spiro atoms. The molecule has 0 saturated heterocycles. The molecule has 0 amide bonds. The van der Waals surface area contributed by atoms with Crippen molar-refractivity contribution in [3.8, 4) is 33.6 Å². The van der Waals surface area contributed by atoms with Crippen molar-refractivity contribution in [1.82, 2.24) is 14.5 Å². The summed E-state index contributed by atoms with van der Waals surface area (Å²) in [5, 5.41) is 2.12. The molecule has 218 valence electrons. The van der Waals surface area contributed by atoms with Crippen LogP contribution in [0.5, 0.6) is 0 Å². The summed E-state index contributed by atoms with van der Waals surface area (Å²) in [4.78, 5) is 9.90. The number of para-hydroxylation sites is 3. The second kappa shape index (κ2) is 10.5. The van der Waals surface area contributed by atoms with Crippen LogP contribution in [0, 0.1) is 5.82 Å². The summed E-state index contributed by atoms with van der Waals surface area (Å²) in [5.74, 6) is 0.494. The van der Waals surface area contributed by atoms with Crippen LogP contribution >= 0.6 is 0 Å². The maximum Gasteiger partial charge on any atom is 0.227 e. The number of nitrogens with zero attached hydrogens (tertiary/aromatic N) is 3. The van der Waals surface area contributed by atoms with E-state index in [0.29, 0.717) is 28.7 Å². The van der Waals surface area contributed by atoms with Crippen molar-refractivity contribution in [2.75, 3.05) is 0 Å². The highest BCUT2D eigenvalue weighted by Gasteiger charge is 2.22. The zero-order valence-electron chi connectivity index (χ0n) is 24.7. The molecule has 9 rings (SSSR count). The van der Waals surface area contributed by atoms with Crippen LogP contribution in [0.25, 0.3) is 77.6 Å². The first-order chi connectivity index (χ1) is 22.7. The molecule has 0 fully saturated rings. The molecule has 0 aliphatic carbocycles. The van der Waals surface area contributed by atoms with Crippen LogP contribution in [0.15, 0.2) is 150 Å². The van der Waals surface area contributed by atoms with Gasteiger partial charge < -0.3 is 8.98 Å². The van der Waals surface area contributed by atoms with Gasteiger partial charge in [-0.05, 0) is 64.2 Å². The number of imidazole rings is 1. The van der Waals surface area contributed by atoms with Gasteiger partial charge in [-0.25, -0.2) is 14.4 Å². The van der Waals surface area contributed by atoms with Crippen molar-refractivity contribution in [2.24, 2.45) is 0 Å². The Balaban J connectivity index is 1.30. The van der Waals surface area contributed by atoms with E-state index in [2.05, 4.69) is 83.4 Å². The van der Waals surface area contributed by atoms with Gasteiger partial charge in [0.15, 0.2) is 0 Å². The van der Waals surface area contributed by atoms with E-state index < -0.39 is 0 Å². The first-order valence-corrected chi connectivity index (χ1v) is 15.3. The van der Waals surface area contributed by atoms with E-state index in [4.69, 9.17) is 14.4 Å². The lowest BCUT2D eigenvalue weighted by atomic mass is 9.91. The number of hydrogen-bond donors (Lipinski definition) is 0. The first-order valence-electron chi connectivity index (χ1n) is 15.3. The number of hydrogen-bond acceptors (Lipinski definition) is 3. The number of halogens is 1. The van der Waals surface area contributed by atoms with E-state index in [9.17, 15) is 4.39 Å². The van der Waals surface area contributed by atoms with Crippen LogP contribution < -0.4 is 0 Å². The molecule has 0 unspecified atom stereocenters. The molecular weight excluding hydrogens is 569 g/mol. The lowest BCUT2D eigenvalue weighted by Crippen LogP contribution is -2.06. The van der Waals surface area contributed by atoms with Crippen LogP contribution in [0.2, 0.25) is 0 Å². The quantitative estimate of drug-likeness (QED) is 0.199. The Hall–Kier alpha value is -6.07. The smallest absolute Gasteiger partial charge is 0.227 e. The molecule has 0 atom stereocenters. The fourth-order valence-electron chi connectivity index (χ4n) is 6.68. The third-order valence-electron chi connectivity index (χ3n) is 8.83. The van der Waals surface area contributed by atoms with Crippen molar-refractivity contribution in [3.63, 3.8) is 0 Å². The Morgan fingerprint density at radius 1 is 0.543 bits per heavy atom. The summed E-state index contributed by atoms with van der Waals surface area (Å²) in [6, 6.07) is 48.7. The van der Waals surface area contributed by atoms with Crippen LogP contribution in [-0.4, -0.2) is 14.5 Å². The summed E-state index contributed by atoms with van der Waals surface area (Å²) >= 11 is 0. The highest BCUT2D eigenvalue weighted by molar-refractivity contribution is 6.11. The van der Waals surface area contributed by atoms with Crippen molar-refractivity contribution in [2.45, 2.75) is 6.54 Å². The van der Waals surface area contributed by atoms with Crippen molar-refractivity contribution < 1.29 is 8.81 Å². The van der Waals surface area contributed by atoms with Gasteiger partial charge >= 0.3 is 0 Å². The topological polar surface area (TPSA) is 43.9 Å². The molecule has 5 heteroatoms. The Morgan fingerprint density at radius 3 is 1.93 bits per heavy atom. The van der Waals surface area contributed by atoms with Crippen LogP contribution in [0.3, 0.4) is 0 Å². The number of furan rings is 1. The van der Waals surface area contributed by atoms with Crippen LogP contribution in [-0.2, 0) is 6.54 Å². The Labute approximate surface area is 264 Å². The predicted octanol–water partition coefficient (Wildman–Crippen LogP) is 10.7. The second-order valence-electron chi connectivity index (χ2n) is 11.5. The molecule has 3 aromatic heterocycles. The Morgan fingerprint density at radius 2 is 1.17 bits per heavy atom. The fourth-order valence-corrected chi connectivity index (χ4v) is 6.68. The van der Waals surface area contributed by atoms with Crippen molar-refractivity contribution in [1.29, 1.82) is 0 Å². The van der Waals surface area contributed by atoms with Gasteiger partial charge in [-0.1, -0.05) is 109 Å². The van der Waals surface area contributed by atoms with E-state index in [0.717, 1.165) is 44.3 Å². The average Bonchev–Trinajstić information content (AvgIpc) is 3.66. The molecule has 4 nitrogen and oxygen atoms in total. The maximum atomic E-state index is 14.8.